The Morgan fingerprint density at radius 1 is 1.38 bits per heavy atom. The first-order chi connectivity index (χ1) is 9.85. The van der Waals surface area contributed by atoms with Crippen LogP contribution in [0.25, 0.3) is 0 Å². The van der Waals surface area contributed by atoms with Crippen molar-refractivity contribution >= 4 is 15.9 Å². The Kier molecular flexibility index (Phi) is 4.67. The lowest BCUT2D eigenvalue weighted by Crippen LogP contribution is -2.46. The summed E-state index contributed by atoms with van der Waals surface area (Å²) in [5, 5.41) is 6.61. The lowest BCUT2D eigenvalue weighted by molar-refractivity contribution is -0.131. The minimum Gasteiger partial charge on any atom is -0.343 e. The number of nitrogens with zero attached hydrogens (tertiary/aromatic N) is 2. The molecule has 1 aromatic heterocycles. The van der Waals surface area contributed by atoms with Gasteiger partial charge in [0.05, 0.1) is 11.4 Å². The van der Waals surface area contributed by atoms with Crippen molar-refractivity contribution in [3.63, 3.8) is 0 Å². The smallest absolute Gasteiger partial charge is 0.244 e. The highest BCUT2D eigenvalue weighted by Crippen LogP contribution is 2.19. The number of likely N-dealkylation sites (tertiary alicyclic amines) is 1. The van der Waals surface area contributed by atoms with Gasteiger partial charge in [-0.3, -0.25) is 9.89 Å². The molecule has 118 valence electrons. The average molecular weight is 314 g/mol. The molecule has 0 bridgehead atoms. The Bertz CT molecular complexity index is 596. The predicted molar refractivity (Wildman–Crippen MR) is 78.3 cm³/mol. The summed E-state index contributed by atoms with van der Waals surface area (Å²) in [6.07, 6.45) is 1.77. The van der Waals surface area contributed by atoms with Gasteiger partial charge in [-0.25, -0.2) is 13.1 Å². The molecule has 0 aromatic carbocycles. The summed E-state index contributed by atoms with van der Waals surface area (Å²) in [7, 11) is -3.57. The normalized spacial score (nSPS) is 17.2. The summed E-state index contributed by atoms with van der Waals surface area (Å²) < 4.78 is 27.6. The van der Waals surface area contributed by atoms with E-state index in [0.29, 0.717) is 43.7 Å². The SMILES string of the molecule is CCC(=O)N1CCC(NS(=O)(=O)c2c(C)n[nH]c2C)CC1. The fourth-order valence-electron chi connectivity index (χ4n) is 2.69. The van der Waals surface area contributed by atoms with Crippen LogP contribution < -0.4 is 4.72 Å². The molecule has 0 unspecified atom stereocenters. The van der Waals surface area contributed by atoms with Crippen molar-refractivity contribution in [1.29, 1.82) is 0 Å². The fraction of sp³-hybridized carbons (Fsp3) is 0.692. The molecule has 0 saturated carbocycles. The number of piperidine rings is 1. The molecular weight excluding hydrogens is 292 g/mol. The van der Waals surface area contributed by atoms with Crippen LogP contribution in [0.15, 0.2) is 4.90 Å². The Morgan fingerprint density at radius 2 is 2.00 bits per heavy atom. The zero-order chi connectivity index (χ0) is 15.6. The van der Waals surface area contributed by atoms with Crippen molar-refractivity contribution in [1.82, 2.24) is 19.8 Å². The molecule has 1 aromatic rings. The summed E-state index contributed by atoms with van der Waals surface area (Å²) in [5.41, 5.74) is 1.01. The largest absolute Gasteiger partial charge is 0.343 e. The molecule has 1 fully saturated rings. The fourth-order valence-corrected chi connectivity index (χ4v) is 4.36. The van der Waals surface area contributed by atoms with Gasteiger partial charge in [0, 0.05) is 25.6 Å². The quantitative estimate of drug-likeness (QED) is 0.855. The standard InChI is InChI=1S/C13H22N4O3S/c1-4-12(18)17-7-5-11(6-8-17)16-21(19,20)13-9(2)14-15-10(13)3/h11,16H,4-8H2,1-3H3,(H,14,15). The molecule has 8 heteroatoms. The topological polar surface area (TPSA) is 95.2 Å². The number of aryl methyl sites for hydroxylation is 2. The van der Waals surface area contributed by atoms with Gasteiger partial charge in [-0.2, -0.15) is 5.10 Å². The molecule has 21 heavy (non-hydrogen) atoms. The molecule has 1 aliphatic rings. The number of aromatic nitrogens is 2. The van der Waals surface area contributed by atoms with Crippen molar-refractivity contribution in [2.75, 3.05) is 13.1 Å². The van der Waals surface area contributed by atoms with E-state index in [9.17, 15) is 13.2 Å². The molecule has 2 rings (SSSR count). The Morgan fingerprint density at radius 3 is 2.48 bits per heavy atom. The van der Waals surface area contributed by atoms with Crippen LogP contribution in [0.1, 0.15) is 37.6 Å². The zero-order valence-electron chi connectivity index (χ0n) is 12.6. The number of nitrogens with one attached hydrogen (secondary N) is 2. The maximum Gasteiger partial charge on any atom is 0.244 e. The summed E-state index contributed by atoms with van der Waals surface area (Å²) in [6, 6.07) is -0.135. The number of aromatic amines is 1. The third-order valence-electron chi connectivity index (χ3n) is 3.80. The number of carbonyl (C=O) groups excluding carboxylic acids is 1. The minimum absolute atomic E-state index is 0.123. The van der Waals surface area contributed by atoms with Crippen molar-refractivity contribution in [2.24, 2.45) is 0 Å². The van der Waals surface area contributed by atoms with Crippen molar-refractivity contribution in [3.8, 4) is 0 Å². The molecular formula is C13H22N4O3S. The molecule has 0 aliphatic carbocycles. The third kappa shape index (κ3) is 3.44. The van der Waals surface area contributed by atoms with Crippen molar-refractivity contribution < 1.29 is 13.2 Å². The first-order valence-electron chi connectivity index (χ1n) is 7.16. The molecule has 0 atom stereocenters. The molecule has 2 N–H and O–H groups in total. The Labute approximate surface area is 125 Å². The molecule has 2 heterocycles. The third-order valence-corrected chi connectivity index (χ3v) is 5.58. The van der Waals surface area contributed by atoms with Gasteiger partial charge in [-0.1, -0.05) is 6.92 Å². The van der Waals surface area contributed by atoms with Gasteiger partial charge in [-0.15, -0.1) is 0 Å². The monoisotopic (exact) mass is 314 g/mol. The van der Waals surface area contributed by atoms with Crippen LogP contribution in [0.3, 0.4) is 0 Å². The van der Waals surface area contributed by atoms with Gasteiger partial charge >= 0.3 is 0 Å². The highest BCUT2D eigenvalue weighted by Gasteiger charge is 2.28. The first-order valence-corrected chi connectivity index (χ1v) is 8.65. The second kappa shape index (κ2) is 6.15. The minimum atomic E-state index is -3.57. The van der Waals surface area contributed by atoms with E-state index in [0.717, 1.165) is 0 Å². The predicted octanol–water partition coefficient (Wildman–Crippen LogP) is 0.706. The lowest BCUT2D eigenvalue weighted by Gasteiger charge is -2.32. The van der Waals surface area contributed by atoms with Crippen LogP contribution in [0.5, 0.6) is 0 Å². The number of H-pyrrole nitrogens is 1. The maximum absolute atomic E-state index is 12.4. The van der Waals surface area contributed by atoms with Gasteiger partial charge in [0.2, 0.25) is 15.9 Å². The number of sulfonamides is 1. The van der Waals surface area contributed by atoms with E-state index in [1.54, 1.807) is 18.7 Å². The van der Waals surface area contributed by atoms with E-state index in [1.165, 1.54) is 0 Å². The van der Waals surface area contributed by atoms with Crippen LogP contribution in [0.4, 0.5) is 0 Å². The molecule has 0 radical (unpaired) electrons. The summed E-state index contributed by atoms with van der Waals surface area (Å²) in [5.74, 6) is 0.123. The second-order valence-corrected chi connectivity index (χ2v) is 7.04. The van der Waals surface area contributed by atoms with Gasteiger partial charge in [0.15, 0.2) is 0 Å². The van der Waals surface area contributed by atoms with E-state index < -0.39 is 10.0 Å². The summed E-state index contributed by atoms with van der Waals surface area (Å²) in [4.78, 5) is 13.6. The van der Waals surface area contributed by atoms with Gasteiger partial charge < -0.3 is 4.90 Å². The van der Waals surface area contributed by atoms with E-state index in [2.05, 4.69) is 14.9 Å². The zero-order valence-corrected chi connectivity index (χ0v) is 13.5. The Hall–Kier alpha value is -1.41. The van der Waals surface area contributed by atoms with Crippen LogP contribution in [-0.2, 0) is 14.8 Å². The van der Waals surface area contributed by atoms with Gasteiger partial charge in [0.1, 0.15) is 4.90 Å². The van der Waals surface area contributed by atoms with Gasteiger partial charge in [0.25, 0.3) is 0 Å². The Balaban J connectivity index is 2.02. The highest BCUT2D eigenvalue weighted by atomic mass is 32.2. The molecule has 1 aliphatic heterocycles. The molecule has 7 nitrogen and oxygen atoms in total. The van der Waals surface area contributed by atoms with E-state index >= 15 is 0 Å². The summed E-state index contributed by atoms with van der Waals surface area (Å²) in [6.45, 7) is 6.39. The average Bonchev–Trinajstić information content (AvgIpc) is 2.78. The van der Waals surface area contributed by atoms with Crippen LogP contribution >= 0.6 is 0 Å². The van der Waals surface area contributed by atoms with E-state index in [-0.39, 0.29) is 16.8 Å². The number of hydrogen-bond donors (Lipinski definition) is 2. The van der Waals surface area contributed by atoms with Crippen molar-refractivity contribution in [2.45, 2.75) is 51.0 Å². The number of carbonyl (C=O) groups is 1. The lowest BCUT2D eigenvalue weighted by atomic mass is 10.1. The van der Waals surface area contributed by atoms with E-state index in [4.69, 9.17) is 0 Å². The number of rotatable bonds is 4. The van der Waals surface area contributed by atoms with Crippen LogP contribution in [0, 0.1) is 13.8 Å². The van der Waals surface area contributed by atoms with Crippen LogP contribution in [0.2, 0.25) is 0 Å². The van der Waals surface area contributed by atoms with Crippen LogP contribution in [-0.4, -0.2) is 48.6 Å². The molecule has 1 amide bonds. The molecule has 1 saturated heterocycles. The highest BCUT2D eigenvalue weighted by molar-refractivity contribution is 7.89. The second-order valence-electron chi connectivity index (χ2n) is 5.39. The number of amides is 1. The maximum atomic E-state index is 12.4. The molecule has 0 spiro atoms. The number of hydrogen-bond acceptors (Lipinski definition) is 4. The first kappa shape index (κ1) is 16.0. The van der Waals surface area contributed by atoms with E-state index in [1.807, 2.05) is 6.92 Å². The van der Waals surface area contributed by atoms with Crippen molar-refractivity contribution in [3.05, 3.63) is 11.4 Å². The van der Waals surface area contributed by atoms with Gasteiger partial charge in [-0.05, 0) is 26.7 Å². The summed E-state index contributed by atoms with van der Waals surface area (Å²) >= 11 is 0.